The minimum absolute atomic E-state index is 0.0399. The predicted molar refractivity (Wildman–Crippen MR) is 107 cm³/mol. The number of carbonyl (C=O) groups excluding carboxylic acids is 1. The molecule has 0 bridgehead atoms. The average Bonchev–Trinajstić information content (AvgIpc) is 3.17. The van der Waals surface area contributed by atoms with Crippen molar-refractivity contribution >= 4 is 27.3 Å². The van der Waals surface area contributed by atoms with Crippen molar-refractivity contribution in [2.45, 2.75) is 12.8 Å². The third-order valence-electron chi connectivity index (χ3n) is 4.67. The van der Waals surface area contributed by atoms with Crippen LogP contribution < -0.4 is 9.62 Å². The number of benzene rings is 2. The molecule has 0 unspecified atom stereocenters. The number of hydrogen-bond acceptors (Lipinski definition) is 5. The molecule has 0 radical (unpaired) electrons. The van der Waals surface area contributed by atoms with E-state index in [0.717, 1.165) is 24.7 Å². The lowest BCUT2D eigenvalue weighted by Crippen LogP contribution is -2.34. The first kappa shape index (κ1) is 19.1. The van der Waals surface area contributed by atoms with Gasteiger partial charge in [-0.15, -0.1) is 0 Å². The van der Waals surface area contributed by atoms with Gasteiger partial charge in [-0.1, -0.05) is 23.4 Å². The number of halogens is 1. The highest BCUT2D eigenvalue weighted by atomic mass is 32.2. The van der Waals surface area contributed by atoms with Gasteiger partial charge in [0, 0.05) is 23.9 Å². The van der Waals surface area contributed by atoms with Crippen LogP contribution in [0.15, 0.2) is 53.1 Å². The fourth-order valence-electron chi connectivity index (χ4n) is 3.32. The maximum absolute atomic E-state index is 13.4. The average molecular weight is 415 g/mol. The van der Waals surface area contributed by atoms with Gasteiger partial charge in [-0.25, -0.2) is 12.8 Å². The summed E-state index contributed by atoms with van der Waals surface area (Å²) in [6.07, 6.45) is 2.68. The van der Waals surface area contributed by atoms with Crippen molar-refractivity contribution in [3.63, 3.8) is 0 Å². The monoisotopic (exact) mass is 415 g/mol. The third-order valence-corrected chi connectivity index (χ3v) is 5.85. The Hall–Kier alpha value is -3.20. The van der Waals surface area contributed by atoms with Gasteiger partial charge in [-0.3, -0.25) is 9.10 Å². The minimum Gasteiger partial charge on any atom is -0.350 e. The maximum Gasteiger partial charge on any atom is 0.294 e. The van der Waals surface area contributed by atoms with Gasteiger partial charge in [-0.2, -0.15) is 0 Å². The number of rotatable bonds is 4. The Morgan fingerprint density at radius 2 is 2.03 bits per heavy atom. The van der Waals surface area contributed by atoms with Crippen molar-refractivity contribution in [1.82, 2.24) is 5.16 Å². The number of amides is 1. The zero-order chi connectivity index (χ0) is 20.6. The lowest BCUT2D eigenvalue weighted by Gasteiger charge is -2.29. The lowest BCUT2D eigenvalue weighted by molar-refractivity contribution is 0.0988. The quantitative estimate of drug-likeness (QED) is 0.705. The molecule has 0 atom stereocenters. The molecule has 9 heteroatoms. The van der Waals surface area contributed by atoms with Gasteiger partial charge in [0.15, 0.2) is 0 Å². The minimum atomic E-state index is -3.41. The fraction of sp³-hybridized carbons (Fsp3) is 0.200. The van der Waals surface area contributed by atoms with Crippen molar-refractivity contribution in [3.05, 3.63) is 65.7 Å². The zero-order valence-corrected chi connectivity index (χ0v) is 16.4. The Balaban J connectivity index is 1.57. The molecule has 0 spiro atoms. The van der Waals surface area contributed by atoms with E-state index in [2.05, 4.69) is 10.5 Å². The van der Waals surface area contributed by atoms with E-state index in [1.807, 2.05) is 0 Å². The van der Waals surface area contributed by atoms with E-state index in [-0.39, 0.29) is 5.76 Å². The van der Waals surface area contributed by atoms with Gasteiger partial charge in [0.2, 0.25) is 15.8 Å². The second-order valence-corrected chi connectivity index (χ2v) is 8.73. The molecule has 150 valence electrons. The normalized spacial score (nSPS) is 13.8. The number of nitrogens with zero attached hydrogens (tertiary/aromatic N) is 2. The summed E-state index contributed by atoms with van der Waals surface area (Å²) in [5.41, 5.74) is 2.74. The van der Waals surface area contributed by atoms with Crippen LogP contribution >= 0.6 is 0 Å². The van der Waals surface area contributed by atoms with E-state index in [1.54, 1.807) is 30.3 Å². The van der Waals surface area contributed by atoms with E-state index in [9.17, 15) is 17.6 Å². The summed E-state index contributed by atoms with van der Waals surface area (Å²) in [5, 5.41) is 6.50. The van der Waals surface area contributed by atoms with Crippen molar-refractivity contribution < 1.29 is 22.1 Å². The largest absolute Gasteiger partial charge is 0.350 e. The molecule has 1 aromatic heterocycles. The summed E-state index contributed by atoms with van der Waals surface area (Å²) in [6.45, 7) is 0.405. The topological polar surface area (TPSA) is 92.5 Å². The summed E-state index contributed by atoms with van der Waals surface area (Å²) < 4.78 is 43.9. The second-order valence-electron chi connectivity index (χ2n) is 6.82. The van der Waals surface area contributed by atoms with Gasteiger partial charge < -0.3 is 9.84 Å². The number of hydrogen-bond donors (Lipinski definition) is 1. The van der Waals surface area contributed by atoms with Gasteiger partial charge in [-0.05, 0) is 42.7 Å². The highest BCUT2D eigenvalue weighted by molar-refractivity contribution is 7.92. The van der Waals surface area contributed by atoms with Crippen LogP contribution in [0.3, 0.4) is 0 Å². The molecule has 1 amide bonds. The van der Waals surface area contributed by atoms with Crippen molar-refractivity contribution in [2.24, 2.45) is 0 Å². The molecule has 2 aromatic carbocycles. The van der Waals surface area contributed by atoms with E-state index in [1.165, 1.54) is 22.5 Å². The molecule has 0 fully saturated rings. The molecular formula is C20H18FN3O4S. The SMILES string of the molecule is CS(=O)(=O)N1CCCc2ccc(NC(=O)c3cc(-c4cccc(F)c4)no3)cc21. The number of sulfonamides is 1. The zero-order valence-electron chi connectivity index (χ0n) is 15.6. The number of fused-ring (bicyclic) bond motifs is 1. The van der Waals surface area contributed by atoms with Crippen LogP contribution in [-0.2, 0) is 16.4 Å². The predicted octanol–water partition coefficient (Wildman–Crippen LogP) is 3.45. The fourth-order valence-corrected chi connectivity index (χ4v) is 4.31. The van der Waals surface area contributed by atoms with Gasteiger partial charge >= 0.3 is 0 Å². The molecule has 7 nitrogen and oxygen atoms in total. The maximum atomic E-state index is 13.4. The van der Waals surface area contributed by atoms with Crippen LogP contribution in [0.5, 0.6) is 0 Å². The summed E-state index contributed by atoms with van der Waals surface area (Å²) in [5.74, 6) is -0.996. The molecule has 1 aliphatic rings. The number of aryl methyl sites for hydroxylation is 1. The molecule has 4 rings (SSSR count). The van der Waals surface area contributed by atoms with Crippen LogP contribution in [0.2, 0.25) is 0 Å². The molecule has 1 N–H and O–H groups in total. The van der Waals surface area contributed by atoms with Gasteiger partial charge in [0.05, 0.1) is 11.9 Å². The Morgan fingerprint density at radius 1 is 1.21 bits per heavy atom. The van der Waals surface area contributed by atoms with Crippen LogP contribution in [-0.4, -0.2) is 32.3 Å². The van der Waals surface area contributed by atoms with Gasteiger partial charge in [0.1, 0.15) is 11.5 Å². The van der Waals surface area contributed by atoms with Crippen LogP contribution in [0.1, 0.15) is 22.5 Å². The molecule has 29 heavy (non-hydrogen) atoms. The third kappa shape index (κ3) is 4.00. The summed E-state index contributed by atoms with van der Waals surface area (Å²) in [4.78, 5) is 12.5. The number of anilines is 2. The molecule has 3 aromatic rings. The van der Waals surface area contributed by atoms with E-state index < -0.39 is 21.7 Å². The van der Waals surface area contributed by atoms with Crippen LogP contribution in [0.25, 0.3) is 11.3 Å². The van der Waals surface area contributed by atoms with E-state index >= 15 is 0 Å². The Morgan fingerprint density at radius 3 is 2.79 bits per heavy atom. The van der Waals surface area contributed by atoms with Crippen LogP contribution in [0, 0.1) is 5.82 Å². The highest BCUT2D eigenvalue weighted by Gasteiger charge is 2.24. The first-order valence-electron chi connectivity index (χ1n) is 8.96. The summed E-state index contributed by atoms with van der Waals surface area (Å²) in [6, 6.07) is 12.4. The Labute approximate surface area is 167 Å². The van der Waals surface area contributed by atoms with E-state index in [4.69, 9.17) is 4.52 Å². The first-order chi connectivity index (χ1) is 13.8. The molecule has 1 aliphatic heterocycles. The Bertz CT molecular complexity index is 1190. The number of aromatic nitrogens is 1. The van der Waals surface area contributed by atoms with Crippen molar-refractivity contribution in [1.29, 1.82) is 0 Å². The van der Waals surface area contributed by atoms with Crippen LogP contribution in [0.4, 0.5) is 15.8 Å². The highest BCUT2D eigenvalue weighted by Crippen LogP contribution is 2.32. The summed E-state index contributed by atoms with van der Waals surface area (Å²) >= 11 is 0. The number of carbonyl (C=O) groups is 1. The van der Waals surface area contributed by atoms with Crippen molar-refractivity contribution in [2.75, 3.05) is 22.4 Å². The van der Waals surface area contributed by atoms with Gasteiger partial charge in [0.25, 0.3) is 5.91 Å². The first-order valence-corrected chi connectivity index (χ1v) is 10.8. The molecule has 0 saturated carbocycles. The lowest BCUT2D eigenvalue weighted by atomic mass is 10.0. The molecule has 0 saturated heterocycles. The standard InChI is InChI=1S/C20H18FN3O4S/c1-29(26,27)24-9-3-5-13-7-8-16(11-18(13)24)22-20(25)19-12-17(23-28-19)14-4-2-6-15(21)10-14/h2,4,6-8,10-12H,3,5,9H2,1H3,(H,22,25). The van der Waals surface area contributed by atoms with E-state index in [0.29, 0.717) is 29.2 Å². The smallest absolute Gasteiger partial charge is 0.294 e. The molecule has 2 heterocycles. The second kappa shape index (κ2) is 7.32. The summed E-state index contributed by atoms with van der Waals surface area (Å²) in [7, 11) is -3.41. The Kier molecular flexibility index (Phi) is 4.83. The molecular weight excluding hydrogens is 397 g/mol. The van der Waals surface area contributed by atoms with Crippen molar-refractivity contribution in [3.8, 4) is 11.3 Å². The molecule has 0 aliphatic carbocycles. The number of nitrogens with one attached hydrogen (secondary N) is 1.